The van der Waals surface area contributed by atoms with Crippen LogP contribution in [-0.2, 0) is 17.8 Å². The molecule has 2 heterocycles. The van der Waals surface area contributed by atoms with Crippen molar-refractivity contribution in [2.24, 2.45) is 0 Å². The molecule has 2 aliphatic rings. The van der Waals surface area contributed by atoms with Gasteiger partial charge in [-0.15, -0.1) is 0 Å². The van der Waals surface area contributed by atoms with Crippen molar-refractivity contribution in [3.05, 3.63) is 58.1 Å². The zero-order valence-electron chi connectivity index (χ0n) is 15.2. The number of hydrogen-bond acceptors (Lipinski definition) is 3. The van der Waals surface area contributed by atoms with E-state index in [1.807, 2.05) is 17.0 Å². The monoisotopic (exact) mass is 384 g/mol. The van der Waals surface area contributed by atoms with Gasteiger partial charge in [-0.2, -0.15) is 0 Å². The summed E-state index contributed by atoms with van der Waals surface area (Å²) in [5, 5.41) is 0.523. The molecule has 2 aromatic carbocycles. The van der Waals surface area contributed by atoms with Gasteiger partial charge in [0.25, 0.3) is 5.91 Å². The van der Waals surface area contributed by atoms with Crippen LogP contribution in [0.2, 0.25) is 5.02 Å². The lowest BCUT2D eigenvalue weighted by molar-refractivity contribution is -0.117. The maximum atomic E-state index is 13.3. The van der Waals surface area contributed by atoms with Crippen LogP contribution in [0.1, 0.15) is 34.3 Å². The van der Waals surface area contributed by atoms with Crippen molar-refractivity contribution in [2.45, 2.75) is 25.8 Å². The number of amides is 2. The number of fused-ring (bicyclic) bond motifs is 1. The molecule has 6 heteroatoms. The average Bonchev–Trinajstić information content (AvgIpc) is 3.12. The molecule has 1 saturated heterocycles. The highest BCUT2D eigenvalue weighted by Crippen LogP contribution is 2.31. The van der Waals surface area contributed by atoms with E-state index in [4.69, 9.17) is 16.3 Å². The normalized spacial score (nSPS) is 16.4. The first-order valence-electron chi connectivity index (χ1n) is 9.12. The Labute approximate surface area is 163 Å². The van der Waals surface area contributed by atoms with Gasteiger partial charge in [-0.3, -0.25) is 9.59 Å². The lowest BCUT2D eigenvalue weighted by Gasteiger charge is -2.30. The Hall–Kier alpha value is -2.53. The highest BCUT2D eigenvalue weighted by Gasteiger charge is 2.29. The topological polar surface area (TPSA) is 49.9 Å². The first-order chi connectivity index (χ1) is 13.1. The highest BCUT2D eigenvalue weighted by atomic mass is 35.5. The third-order valence-electron chi connectivity index (χ3n) is 5.27. The Morgan fingerprint density at radius 1 is 1.07 bits per heavy atom. The highest BCUT2D eigenvalue weighted by molar-refractivity contribution is 6.31. The van der Waals surface area contributed by atoms with Crippen LogP contribution in [0, 0.1) is 0 Å². The molecule has 2 aliphatic heterocycles. The van der Waals surface area contributed by atoms with E-state index in [0.717, 1.165) is 24.2 Å². The summed E-state index contributed by atoms with van der Waals surface area (Å²) in [6.07, 6.45) is 2.11. The number of carbonyl (C=O) groups is 2. The third kappa shape index (κ3) is 3.39. The Morgan fingerprint density at radius 2 is 1.93 bits per heavy atom. The Kier molecular flexibility index (Phi) is 4.79. The van der Waals surface area contributed by atoms with Gasteiger partial charge in [0.15, 0.2) is 0 Å². The number of benzene rings is 2. The second-order valence-electron chi connectivity index (χ2n) is 6.92. The van der Waals surface area contributed by atoms with E-state index in [9.17, 15) is 9.59 Å². The molecule has 0 radical (unpaired) electrons. The second-order valence-corrected chi connectivity index (χ2v) is 7.36. The summed E-state index contributed by atoms with van der Waals surface area (Å²) in [6.45, 7) is 1.80. The number of methoxy groups -OCH3 is 1. The van der Waals surface area contributed by atoms with E-state index < -0.39 is 0 Å². The first-order valence-corrected chi connectivity index (χ1v) is 9.49. The predicted octanol–water partition coefficient (Wildman–Crippen LogP) is 3.67. The van der Waals surface area contributed by atoms with Crippen LogP contribution < -0.4 is 9.64 Å². The van der Waals surface area contributed by atoms with Crippen molar-refractivity contribution in [3.63, 3.8) is 0 Å². The molecule has 1 fully saturated rings. The Balaban J connectivity index is 1.64. The lowest BCUT2D eigenvalue weighted by atomic mass is 9.98. The SMILES string of the molecule is COc1ccc2c(c1)CN(C(=O)c1ccc(Cl)cc1N1CCCC1=O)CC2. The van der Waals surface area contributed by atoms with Gasteiger partial charge in [-0.05, 0) is 54.3 Å². The molecule has 2 aromatic rings. The largest absolute Gasteiger partial charge is 0.497 e. The minimum Gasteiger partial charge on any atom is -0.497 e. The molecule has 0 N–H and O–H groups in total. The van der Waals surface area contributed by atoms with E-state index in [2.05, 4.69) is 6.07 Å². The van der Waals surface area contributed by atoms with Gasteiger partial charge in [0.1, 0.15) is 5.75 Å². The fraction of sp³-hybridized carbons (Fsp3) is 0.333. The van der Waals surface area contributed by atoms with E-state index in [-0.39, 0.29) is 11.8 Å². The van der Waals surface area contributed by atoms with Crippen LogP contribution in [0.25, 0.3) is 0 Å². The number of halogens is 1. The number of hydrogen-bond donors (Lipinski definition) is 0. The zero-order valence-corrected chi connectivity index (χ0v) is 16.0. The van der Waals surface area contributed by atoms with Crippen molar-refractivity contribution in [1.82, 2.24) is 4.90 Å². The Bertz CT molecular complexity index is 912. The van der Waals surface area contributed by atoms with Gasteiger partial charge in [-0.25, -0.2) is 0 Å². The van der Waals surface area contributed by atoms with E-state index >= 15 is 0 Å². The van der Waals surface area contributed by atoms with Crippen LogP contribution >= 0.6 is 11.6 Å². The van der Waals surface area contributed by atoms with Crippen molar-refractivity contribution in [2.75, 3.05) is 25.1 Å². The molecule has 0 aliphatic carbocycles. The molecule has 0 spiro atoms. The number of rotatable bonds is 3. The minimum absolute atomic E-state index is 0.0417. The van der Waals surface area contributed by atoms with Crippen molar-refractivity contribution < 1.29 is 14.3 Å². The number of ether oxygens (including phenoxy) is 1. The fourth-order valence-electron chi connectivity index (χ4n) is 3.82. The molecule has 4 rings (SSSR count). The summed E-state index contributed by atoms with van der Waals surface area (Å²) in [4.78, 5) is 29.0. The maximum absolute atomic E-state index is 13.3. The van der Waals surface area contributed by atoms with Crippen LogP contribution in [0.4, 0.5) is 5.69 Å². The maximum Gasteiger partial charge on any atom is 0.256 e. The van der Waals surface area contributed by atoms with E-state index in [0.29, 0.717) is 42.3 Å². The quantitative estimate of drug-likeness (QED) is 0.811. The Morgan fingerprint density at radius 3 is 2.67 bits per heavy atom. The molecule has 0 bridgehead atoms. The third-order valence-corrected chi connectivity index (χ3v) is 5.50. The lowest BCUT2D eigenvalue weighted by Crippen LogP contribution is -2.37. The standard InChI is InChI=1S/C21H21ClN2O3/c1-27-17-6-4-14-8-10-23(13-15(14)11-17)21(26)18-7-5-16(22)12-19(18)24-9-2-3-20(24)25/h4-7,11-12H,2-3,8-10,13H2,1H3. The van der Waals surface area contributed by atoms with Gasteiger partial charge in [-0.1, -0.05) is 17.7 Å². The number of anilines is 1. The second kappa shape index (κ2) is 7.24. The van der Waals surface area contributed by atoms with E-state index in [1.54, 1.807) is 30.2 Å². The van der Waals surface area contributed by atoms with Gasteiger partial charge >= 0.3 is 0 Å². The molecular formula is C21H21ClN2O3. The van der Waals surface area contributed by atoms with Crippen LogP contribution in [0.3, 0.4) is 0 Å². The van der Waals surface area contributed by atoms with Crippen molar-refractivity contribution in [3.8, 4) is 5.75 Å². The fourth-order valence-corrected chi connectivity index (χ4v) is 3.98. The first kappa shape index (κ1) is 17.9. The number of carbonyl (C=O) groups excluding carboxylic acids is 2. The minimum atomic E-state index is -0.0742. The molecule has 27 heavy (non-hydrogen) atoms. The van der Waals surface area contributed by atoms with Crippen LogP contribution in [0.15, 0.2) is 36.4 Å². The molecule has 0 aromatic heterocycles. The summed E-state index contributed by atoms with van der Waals surface area (Å²) in [6, 6.07) is 11.2. The molecule has 0 unspecified atom stereocenters. The number of nitrogens with zero attached hydrogens (tertiary/aromatic N) is 2. The molecule has 5 nitrogen and oxygen atoms in total. The van der Waals surface area contributed by atoms with Crippen molar-refractivity contribution in [1.29, 1.82) is 0 Å². The smallest absolute Gasteiger partial charge is 0.256 e. The summed E-state index contributed by atoms with van der Waals surface area (Å²) in [7, 11) is 1.64. The molecule has 2 amide bonds. The van der Waals surface area contributed by atoms with Gasteiger partial charge in [0, 0.05) is 31.1 Å². The van der Waals surface area contributed by atoms with Crippen LogP contribution in [0.5, 0.6) is 5.75 Å². The van der Waals surface area contributed by atoms with E-state index in [1.165, 1.54) is 5.56 Å². The summed E-state index contributed by atoms with van der Waals surface area (Å²) in [5.41, 5.74) is 3.49. The van der Waals surface area contributed by atoms with Gasteiger partial charge < -0.3 is 14.5 Å². The molecule has 140 valence electrons. The summed E-state index contributed by atoms with van der Waals surface area (Å²) < 4.78 is 5.31. The van der Waals surface area contributed by atoms with Gasteiger partial charge in [0.05, 0.1) is 18.4 Å². The average molecular weight is 385 g/mol. The molecule has 0 atom stereocenters. The predicted molar refractivity (Wildman–Crippen MR) is 104 cm³/mol. The molecule has 0 saturated carbocycles. The zero-order chi connectivity index (χ0) is 19.0. The van der Waals surface area contributed by atoms with Crippen LogP contribution in [-0.4, -0.2) is 36.9 Å². The summed E-state index contributed by atoms with van der Waals surface area (Å²) in [5.74, 6) is 0.757. The van der Waals surface area contributed by atoms with Gasteiger partial charge in [0.2, 0.25) is 5.91 Å². The van der Waals surface area contributed by atoms with Crippen molar-refractivity contribution >= 4 is 29.1 Å². The summed E-state index contributed by atoms with van der Waals surface area (Å²) >= 11 is 6.16. The molecular weight excluding hydrogens is 364 g/mol.